The third-order valence-electron chi connectivity index (χ3n) is 2.11. The van der Waals surface area contributed by atoms with Gasteiger partial charge in [-0.05, 0) is 12.8 Å². The molecule has 1 amide bonds. The largest absolute Gasteiger partial charge is 0.356 e. The molecule has 3 heteroatoms. The van der Waals surface area contributed by atoms with Crippen molar-refractivity contribution in [2.45, 2.75) is 25.8 Å². The van der Waals surface area contributed by atoms with Gasteiger partial charge in [0, 0.05) is 13.5 Å². The van der Waals surface area contributed by atoms with Gasteiger partial charge in [-0.15, -0.1) is 0 Å². The molecule has 3 nitrogen and oxygen atoms in total. The highest BCUT2D eigenvalue weighted by atomic mass is 16.2. The van der Waals surface area contributed by atoms with E-state index in [4.69, 9.17) is 0 Å². The molecule has 58 valence electrons. The van der Waals surface area contributed by atoms with Crippen LogP contribution in [-0.2, 0) is 4.79 Å². The standard InChI is InChI=1S/C7H14N2O/c1-6(10)9-4-2-3-7(9)5-8/h7H,2-5,8H2,1H3/p+1. The van der Waals surface area contributed by atoms with E-state index in [2.05, 4.69) is 5.73 Å². The van der Waals surface area contributed by atoms with Gasteiger partial charge < -0.3 is 10.6 Å². The Morgan fingerprint density at radius 2 is 2.50 bits per heavy atom. The van der Waals surface area contributed by atoms with Crippen LogP contribution in [0.5, 0.6) is 0 Å². The van der Waals surface area contributed by atoms with E-state index in [-0.39, 0.29) is 5.91 Å². The molecule has 0 aromatic rings. The lowest BCUT2D eigenvalue weighted by molar-refractivity contribution is -0.376. The Balaban J connectivity index is 2.50. The lowest BCUT2D eigenvalue weighted by atomic mass is 10.2. The Hall–Kier alpha value is -0.570. The number of carbonyl (C=O) groups is 1. The summed E-state index contributed by atoms with van der Waals surface area (Å²) in [5.74, 6) is 0.200. The van der Waals surface area contributed by atoms with E-state index in [1.165, 1.54) is 0 Å². The minimum atomic E-state index is 0.200. The van der Waals surface area contributed by atoms with E-state index in [9.17, 15) is 4.79 Å². The van der Waals surface area contributed by atoms with Crippen LogP contribution in [0.3, 0.4) is 0 Å². The highest BCUT2D eigenvalue weighted by Gasteiger charge is 2.25. The number of rotatable bonds is 1. The normalized spacial score (nSPS) is 25.4. The molecule has 0 radical (unpaired) electrons. The number of amides is 1. The minimum absolute atomic E-state index is 0.200. The highest BCUT2D eigenvalue weighted by molar-refractivity contribution is 5.73. The Morgan fingerprint density at radius 3 is 2.90 bits per heavy atom. The van der Waals surface area contributed by atoms with E-state index < -0.39 is 0 Å². The molecular formula is C7H15N2O+. The Labute approximate surface area is 61.2 Å². The van der Waals surface area contributed by atoms with E-state index >= 15 is 0 Å². The van der Waals surface area contributed by atoms with E-state index in [1.54, 1.807) is 6.92 Å². The van der Waals surface area contributed by atoms with Crippen molar-refractivity contribution < 1.29 is 10.5 Å². The smallest absolute Gasteiger partial charge is 0.219 e. The molecule has 1 aliphatic rings. The zero-order valence-corrected chi connectivity index (χ0v) is 6.47. The fourth-order valence-corrected chi connectivity index (χ4v) is 1.55. The average Bonchev–Trinajstić information content (AvgIpc) is 2.33. The van der Waals surface area contributed by atoms with E-state index in [0.29, 0.717) is 6.04 Å². The summed E-state index contributed by atoms with van der Waals surface area (Å²) in [7, 11) is 0. The fraction of sp³-hybridized carbons (Fsp3) is 0.857. The van der Waals surface area contributed by atoms with Crippen molar-refractivity contribution >= 4 is 5.91 Å². The van der Waals surface area contributed by atoms with Crippen LogP contribution in [0.1, 0.15) is 19.8 Å². The van der Waals surface area contributed by atoms with Crippen molar-refractivity contribution in [2.75, 3.05) is 13.1 Å². The minimum Gasteiger partial charge on any atom is -0.356 e. The molecule has 1 aliphatic heterocycles. The van der Waals surface area contributed by atoms with E-state index in [0.717, 1.165) is 25.9 Å². The third kappa shape index (κ3) is 1.29. The summed E-state index contributed by atoms with van der Waals surface area (Å²) in [5.41, 5.74) is 3.81. The topological polar surface area (TPSA) is 48.0 Å². The Morgan fingerprint density at radius 1 is 1.80 bits per heavy atom. The monoisotopic (exact) mass is 143 g/mol. The van der Waals surface area contributed by atoms with Gasteiger partial charge in [-0.2, -0.15) is 0 Å². The van der Waals surface area contributed by atoms with Gasteiger partial charge in [0.1, 0.15) is 0 Å². The molecular weight excluding hydrogens is 128 g/mol. The second-order valence-electron chi connectivity index (χ2n) is 2.80. The summed E-state index contributed by atoms with van der Waals surface area (Å²) in [6.45, 7) is 3.43. The number of hydrogen-bond acceptors (Lipinski definition) is 1. The molecule has 0 spiro atoms. The van der Waals surface area contributed by atoms with Gasteiger partial charge in [-0.25, -0.2) is 0 Å². The number of hydrogen-bond donors (Lipinski definition) is 1. The van der Waals surface area contributed by atoms with Gasteiger partial charge in [0.2, 0.25) is 5.91 Å². The van der Waals surface area contributed by atoms with Crippen LogP contribution in [-0.4, -0.2) is 29.9 Å². The van der Waals surface area contributed by atoms with Crippen molar-refractivity contribution in [1.29, 1.82) is 0 Å². The molecule has 3 N–H and O–H groups in total. The zero-order chi connectivity index (χ0) is 7.56. The highest BCUT2D eigenvalue weighted by Crippen LogP contribution is 2.14. The zero-order valence-electron chi connectivity index (χ0n) is 6.47. The first kappa shape index (κ1) is 7.54. The molecule has 1 rings (SSSR count). The molecule has 0 aromatic carbocycles. The van der Waals surface area contributed by atoms with Crippen molar-refractivity contribution in [1.82, 2.24) is 4.90 Å². The van der Waals surface area contributed by atoms with Crippen LogP contribution in [0.2, 0.25) is 0 Å². The van der Waals surface area contributed by atoms with Gasteiger partial charge in [0.05, 0.1) is 12.6 Å². The van der Waals surface area contributed by atoms with Crippen LogP contribution in [0.25, 0.3) is 0 Å². The van der Waals surface area contributed by atoms with Crippen LogP contribution in [0.4, 0.5) is 0 Å². The summed E-state index contributed by atoms with van der Waals surface area (Å²) in [6, 6.07) is 0.428. The average molecular weight is 143 g/mol. The van der Waals surface area contributed by atoms with Crippen LogP contribution in [0.15, 0.2) is 0 Å². The molecule has 0 aliphatic carbocycles. The molecule has 1 unspecified atom stereocenters. The quantitative estimate of drug-likeness (QED) is 0.515. The molecule has 1 heterocycles. The van der Waals surface area contributed by atoms with Gasteiger partial charge >= 0.3 is 0 Å². The SMILES string of the molecule is CC(=O)N1CCCC1C[NH3+]. The second kappa shape index (κ2) is 3.01. The van der Waals surface area contributed by atoms with Crippen LogP contribution >= 0.6 is 0 Å². The van der Waals surface area contributed by atoms with Gasteiger partial charge in [-0.1, -0.05) is 0 Å². The maximum Gasteiger partial charge on any atom is 0.219 e. The summed E-state index contributed by atoms with van der Waals surface area (Å²) in [6.07, 6.45) is 2.29. The number of likely N-dealkylation sites (tertiary alicyclic amines) is 1. The molecule has 1 fully saturated rings. The lowest BCUT2D eigenvalue weighted by Crippen LogP contribution is -2.59. The van der Waals surface area contributed by atoms with Gasteiger partial charge in [-0.3, -0.25) is 4.79 Å². The van der Waals surface area contributed by atoms with E-state index in [1.807, 2.05) is 4.90 Å². The maximum atomic E-state index is 10.9. The fourth-order valence-electron chi connectivity index (χ4n) is 1.55. The van der Waals surface area contributed by atoms with Crippen molar-refractivity contribution in [3.05, 3.63) is 0 Å². The first-order valence-corrected chi connectivity index (χ1v) is 3.82. The van der Waals surface area contributed by atoms with Gasteiger partial charge in [0.15, 0.2) is 0 Å². The molecule has 10 heavy (non-hydrogen) atoms. The van der Waals surface area contributed by atoms with Crippen LogP contribution in [0, 0.1) is 0 Å². The molecule has 0 aromatic heterocycles. The van der Waals surface area contributed by atoms with Gasteiger partial charge in [0.25, 0.3) is 0 Å². The summed E-state index contributed by atoms with van der Waals surface area (Å²) in [4.78, 5) is 12.8. The lowest BCUT2D eigenvalue weighted by Gasteiger charge is -2.19. The van der Waals surface area contributed by atoms with Crippen molar-refractivity contribution in [3.63, 3.8) is 0 Å². The predicted octanol–water partition coefficient (Wildman–Crippen LogP) is -0.761. The van der Waals surface area contributed by atoms with Crippen molar-refractivity contribution in [2.24, 2.45) is 0 Å². The van der Waals surface area contributed by atoms with Crippen LogP contribution < -0.4 is 5.73 Å². The van der Waals surface area contributed by atoms with Crippen molar-refractivity contribution in [3.8, 4) is 0 Å². The molecule has 0 saturated carbocycles. The summed E-state index contributed by atoms with van der Waals surface area (Å²) in [5, 5.41) is 0. The summed E-state index contributed by atoms with van der Waals surface area (Å²) >= 11 is 0. The molecule has 1 saturated heterocycles. The molecule has 0 bridgehead atoms. The number of nitrogens with zero attached hydrogens (tertiary/aromatic N) is 1. The second-order valence-corrected chi connectivity index (χ2v) is 2.80. The summed E-state index contributed by atoms with van der Waals surface area (Å²) < 4.78 is 0. The first-order chi connectivity index (χ1) is 4.75. The number of quaternary nitrogens is 1. The Bertz CT molecular complexity index is 136. The Kier molecular flexibility index (Phi) is 2.27. The number of carbonyl (C=O) groups excluding carboxylic acids is 1. The molecule has 1 atom stereocenters. The predicted molar refractivity (Wildman–Crippen MR) is 38.2 cm³/mol. The first-order valence-electron chi connectivity index (χ1n) is 3.82. The third-order valence-corrected chi connectivity index (χ3v) is 2.11. The maximum absolute atomic E-state index is 10.9.